The van der Waals surface area contributed by atoms with Crippen molar-refractivity contribution in [3.8, 4) is 0 Å². The Balaban J connectivity index is 2.24. The summed E-state index contributed by atoms with van der Waals surface area (Å²) in [6.45, 7) is 5.13. The molecule has 1 aromatic carbocycles. The first kappa shape index (κ1) is 18.6. The molecule has 0 saturated heterocycles. The maximum Gasteiger partial charge on any atom is 0.408 e. The molecule has 0 fully saturated rings. The number of methoxy groups -OCH3 is 1. The fourth-order valence-electron chi connectivity index (χ4n) is 2.38. The second kappa shape index (κ2) is 7.42. The molecule has 1 atom stereocenters. The monoisotopic (exact) mass is 349 g/mol. The van der Waals surface area contributed by atoms with Crippen LogP contribution >= 0.6 is 0 Å². The molecule has 0 radical (unpaired) electrons. The van der Waals surface area contributed by atoms with Crippen LogP contribution in [0.25, 0.3) is 0 Å². The van der Waals surface area contributed by atoms with Crippen molar-refractivity contribution >= 4 is 29.3 Å². The first-order valence-electron chi connectivity index (χ1n) is 7.92. The summed E-state index contributed by atoms with van der Waals surface area (Å²) in [4.78, 5) is 37.9. The van der Waals surface area contributed by atoms with Crippen LogP contribution in [-0.2, 0) is 19.1 Å². The molecule has 8 nitrogen and oxygen atoms in total. The summed E-state index contributed by atoms with van der Waals surface area (Å²) < 4.78 is 9.88. The van der Waals surface area contributed by atoms with Gasteiger partial charge in [-0.05, 0) is 32.9 Å². The highest BCUT2D eigenvalue weighted by Gasteiger charge is 2.33. The minimum atomic E-state index is -0.882. The van der Waals surface area contributed by atoms with E-state index in [4.69, 9.17) is 4.74 Å². The lowest BCUT2D eigenvalue weighted by Gasteiger charge is -2.25. The number of anilines is 2. The molecule has 1 aliphatic rings. The number of amides is 2. The zero-order valence-corrected chi connectivity index (χ0v) is 14.8. The lowest BCUT2D eigenvalue weighted by molar-refractivity contribution is -0.140. The average Bonchev–Trinajstić information content (AvgIpc) is 2.65. The Labute approximate surface area is 146 Å². The number of hydrogen-bond acceptors (Lipinski definition) is 6. The smallest absolute Gasteiger partial charge is 0.408 e. The van der Waals surface area contributed by atoms with Gasteiger partial charge >= 0.3 is 12.1 Å². The molecule has 1 aromatic rings. The first-order chi connectivity index (χ1) is 11.7. The summed E-state index contributed by atoms with van der Waals surface area (Å²) >= 11 is 0. The Morgan fingerprint density at radius 2 is 2.00 bits per heavy atom. The van der Waals surface area contributed by atoms with Crippen molar-refractivity contribution in [3.63, 3.8) is 0 Å². The van der Waals surface area contributed by atoms with E-state index in [0.29, 0.717) is 11.4 Å². The Hall–Kier alpha value is -2.77. The Morgan fingerprint density at radius 1 is 1.32 bits per heavy atom. The van der Waals surface area contributed by atoms with Crippen LogP contribution in [0.1, 0.15) is 20.8 Å². The predicted molar refractivity (Wildman–Crippen MR) is 92.5 cm³/mol. The van der Waals surface area contributed by atoms with Gasteiger partial charge in [-0.15, -0.1) is 0 Å². The Kier molecular flexibility index (Phi) is 5.51. The zero-order valence-electron chi connectivity index (χ0n) is 14.8. The number of carbonyl (C=O) groups excluding carboxylic acids is 3. The van der Waals surface area contributed by atoms with Gasteiger partial charge in [-0.25, -0.2) is 4.79 Å². The number of carbonyl (C=O) groups is 3. The van der Waals surface area contributed by atoms with E-state index < -0.39 is 29.6 Å². The van der Waals surface area contributed by atoms with E-state index in [2.05, 4.69) is 15.4 Å². The molecule has 2 rings (SSSR count). The van der Waals surface area contributed by atoms with E-state index in [0.717, 1.165) is 0 Å². The highest BCUT2D eigenvalue weighted by molar-refractivity contribution is 6.05. The second-order valence-electron chi connectivity index (χ2n) is 6.60. The van der Waals surface area contributed by atoms with Crippen molar-refractivity contribution in [1.82, 2.24) is 5.32 Å². The third-order valence-corrected chi connectivity index (χ3v) is 3.46. The molecule has 0 aromatic heterocycles. The van der Waals surface area contributed by atoms with Gasteiger partial charge in [0, 0.05) is 6.54 Å². The van der Waals surface area contributed by atoms with Crippen molar-refractivity contribution in [2.45, 2.75) is 32.4 Å². The summed E-state index contributed by atoms with van der Waals surface area (Å²) in [6.07, 6.45) is -0.698. The molecule has 2 amide bonds. The minimum Gasteiger partial charge on any atom is -0.468 e. The summed E-state index contributed by atoms with van der Waals surface area (Å²) in [5.74, 6) is -0.977. The summed E-state index contributed by atoms with van der Waals surface area (Å²) in [6, 6.07) is 6.21. The fourth-order valence-corrected chi connectivity index (χ4v) is 2.38. The largest absolute Gasteiger partial charge is 0.468 e. The van der Waals surface area contributed by atoms with Crippen LogP contribution in [0.4, 0.5) is 16.2 Å². The topological polar surface area (TPSA) is 97.0 Å². The number of fused-ring (bicyclic) bond motifs is 1. The average molecular weight is 349 g/mol. The summed E-state index contributed by atoms with van der Waals surface area (Å²) in [7, 11) is 1.26. The van der Waals surface area contributed by atoms with Crippen LogP contribution in [0.3, 0.4) is 0 Å². The molecule has 1 heterocycles. The Morgan fingerprint density at radius 3 is 2.64 bits per heavy atom. The number of hydrogen-bond donors (Lipinski definition) is 2. The van der Waals surface area contributed by atoms with E-state index in [1.54, 1.807) is 39.0 Å². The number of rotatable bonds is 3. The number of nitrogens with one attached hydrogen (secondary N) is 2. The van der Waals surface area contributed by atoms with Gasteiger partial charge in [0.25, 0.3) is 5.91 Å². The normalized spacial score (nSPS) is 17.0. The summed E-state index contributed by atoms with van der Waals surface area (Å²) in [5.41, 5.74) is 0.555. The quantitative estimate of drug-likeness (QED) is 0.803. The van der Waals surface area contributed by atoms with E-state index in [1.807, 2.05) is 6.07 Å². The highest BCUT2D eigenvalue weighted by atomic mass is 16.6. The predicted octanol–water partition coefficient (Wildman–Crippen LogP) is 1.51. The minimum absolute atomic E-state index is 0.173. The Bertz CT molecular complexity index is 668. The number of ether oxygens (including phenoxy) is 2. The van der Waals surface area contributed by atoms with E-state index >= 15 is 0 Å². The lowest BCUT2D eigenvalue weighted by Crippen LogP contribution is -2.52. The lowest BCUT2D eigenvalue weighted by atomic mass is 10.2. The number of para-hydroxylation sites is 2. The zero-order chi connectivity index (χ0) is 18.6. The van der Waals surface area contributed by atoms with Crippen molar-refractivity contribution < 1.29 is 23.9 Å². The van der Waals surface area contributed by atoms with E-state index in [9.17, 15) is 14.4 Å². The molecular formula is C17H23N3O5. The van der Waals surface area contributed by atoms with E-state index in [1.165, 1.54) is 12.0 Å². The molecule has 1 unspecified atom stereocenters. The van der Waals surface area contributed by atoms with Gasteiger partial charge in [0.2, 0.25) is 0 Å². The molecule has 2 N–H and O–H groups in total. The maximum absolute atomic E-state index is 12.9. The molecule has 136 valence electrons. The van der Waals surface area contributed by atoms with Crippen LogP contribution in [-0.4, -0.2) is 49.8 Å². The van der Waals surface area contributed by atoms with Crippen LogP contribution in [0.5, 0.6) is 0 Å². The number of alkyl carbamates (subject to hydrolysis) is 1. The van der Waals surface area contributed by atoms with Gasteiger partial charge in [-0.2, -0.15) is 0 Å². The van der Waals surface area contributed by atoms with Crippen LogP contribution in [0.2, 0.25) is 0 Å². The van der Waals surface area contributed by atoms with Gasteiger partial charge in [0.05, 0.1) is 18.5 Å². The molecule has 0 saturated carbocycles. The number of benzene rings is 1. The van der Waals surface area contributed by atoms with Gasteiger partial charge in [0.15, 0.2) is 0 Å². The molecule has 0 aliphatic carbocycles. The van der Waals surface area contributed by atoms with Crippen molar-refractivity contribution in [1.29, 1.82) is 0 Å². The maximum atomic E-state index is 12.9. The van der Waals surface area contributed by atoms with Gasteiger partial charge in [-0.1, -0.05) is 12.1 Å². The summed E-state index contributed by atoms with van der Waals surface area (Å²) in [5, 5.41) is 5.66. The highest BCUT2D eigenvalue weighted by Crippen LogP contribution is 2.28. The third-order valence-electron chi connectivity index (χ3n) is 3.46. The molecule has 8 heteroatoms. The number of esters is 1. The first-order valence-corrected chi connectivity index (χ1v) is 7.92. The molecule has 0 spiro atoms. The SMILES string of the molecule is COC(=O)CN1C(=O)C(NC(=O)OC(C)(C)C)CNc2ccccc21. The van der Waals surface area contributed by atoms with Crippen molar-refractivity contribution in [2.75, 3.05) is 30.4 Å². The van der Waals surface area contributed by atoms with Gasteiger partial charge < -0.3 is 20.1 Å². The van der Waals surface area contributed by atoms with Crippen molar-refractivity contribution in [3.05, 3.63) is 24.3 Å². The molecular weight excluding hydrogens is 326 g/mol. The van der Waals surface area contributed by atoms with Gasteiger partial charge in [-0.3, -0.25) is 14.5 Å². The number of nitrogens with zero attached hydrogens (tertiary/aromatic N) is 1. The standard InChI is InChI=1S/C17H23N3O5/c1-17(2,3)25-16(23)19-12-9-18-11-7-5-6-8-13(11)20(15(12)22)10-14(21)24-4/h5-8,12,18H,9-10H2,1-4H3,(H,19,23). The van der Waals surface area contributed by atoms with Crippen LogP contribution < -0.4 is 15.5 Å². The van der Waals surface area contributed by atoms with Crippen LogP contribution in [0.15, 0.2) is 24.3 Å². The second-order valence-corrected chi connectivity index (χ2v) is 6.60. The fraction of sp³-hybridized carbons (Fsp3) is 0.471. The third kappa shape index (κ3) is 4.85. The van der Waals surface area contributed by atoms with E-state index in [-0.39, 0.29) is 13.1 Å². The molecule has 1 aliphatic heterocycles. The van der Waals surface area contributed by atoms with Gasteiger partial charge in [0.1, 0.15) is 18.2 Å². The molecule has 0 bridgehead atoms. The van der Waals surface area contributed by atoms with Crippen LogP contribution in [0, 0.1) is 0 Å². The molecule has 25 heavy (non-hydrogen) atoms. The van der Waals surface area contributed by atoms with Crippen molar-refractivity contribution in [2.24, 2.45) is 0 Å².